The molecule has 1 saturated carbocycles. The molecule has 1 spiro atoms. The van der Waals surface area contributed by atoms with E-state index < -0.39 is 5.54 Å². The molecule has 0 bridgehead atoms. The molecule has 5 nitrogen and oxygen atoms in total. The van der Waals surface area contributed by atoms with Crippen molar-refractivity contribution in [2.24, 2.45) is 0 Å². The Kier molecular flexibility index (Phi) is 4.80. The van der Waals surface area contributed by atoms with Gasteiger partial charge in [-0.15, -0.1) is 0 Å². The van der Waals surface area contributed by atoms with Crippen molar-refractivity contribution < 1.29 is 14.3 Å². The van der Waals surface area contributed by atoms with Crippen LogP contribution in [0.1, 0.15) is 51.4 Å². The maximum Gasteiger partial charge on any atom is 0.325 e. The Bertz CT molecular complexity index is 336. The molecule has 1 saturated heterocycles. The van der Waals surface area contributed by atoms with Gasteiger partial charge in [0.2, 0.25) is 0 Å². The third-order valence-electron chi connectivity index (χ3n) is 4.32. The molecule has 5 heteroatoms. The van der Waals surface area contributed by atoms with Crippen LogP contribution in [0, 0.1) is 0 Å². The zero-order valence-electron chi connectivity index (χ0n) is 11.7. The minimum Gasteiger partial charge on any atom is -0.385 e. The molecule has 2 rings (SSSR count). The minimum absolute atomic E-state index is 0.0776. The molecular weight excluding hydrogens is 244 g/mol. The lowest BCUT2D eigenvalue weighted by Crippen LogP contribution is -2.49. The van der Waals surface area contributed by atoms with E-state index in [1.807, 2.05) is 0 Å². The van der Waals surface area contributed by atoms with Crippen molar-refractivity contribution in [1.29, 1.82) is 0 Å². The van der Waals surface area contributed by atoms with Gasteiger partial charge in [0.15, 0.2) is 0 Å². The Hall–Kier alpha value is -1.10. The molecule has 0 aromatic rings. The molecule has 1 N–H and O–H groups in total. The number of unbranched alkanes of at least 4 members (excludes halogenated alkanes) is 1. The lowest BCUT2D eigenvalue weighted by molar-refractivity contribution is -0.127. The summed E-state index contributed by atoms with van der Waals surface area (Å²) in [5, 5.41) is 2.51. The van der Waals surface area contributed by atoms with Gasteiger partial charge in [-0.05, 0) is 25.7 Å². The van der Waals surface area contributed by atoms with Gasteiger partial charge >= 0.3 is 6.03 Å². The number of carbonyl (C=O) groups excluding carboxylic acids is 2. The molecule has 19 heavy (non-hydrogen) atoms. The Morgan fingerprint density at radius 3 is 2.47 bits per heavy atom. The SMILES string of the molecule is COCCCCN1C(=O)NC(=O)C12CCCCCC2. The summed E-state index contributed by atoms with van der Waals surface area (Å²) in [5.41, 5.74) is -0.555. The highest BCUT2D eigenvalue weighted by Crippen LogP contribution is 2.36. The van der Waals surface area contributed by atoms with E-state index in [2.05, 4.69) is 5.32 Å². The fourth-order valence-electron chi connectivity index (χ4n) is 3.24. The summed E-state index contributed by atoms with van der Waals surface area (Å²) >= 11 is 0. The van der Waals surface area contributed by atoms with Gasteiger partial charge in [-0.25, -0.2) is 4.79 Å². The van der Waals surface area contributed by atoms with Crippen molar-refractivity contribution >= 4 is 11.9 Å². The van der Waals surface area contributed by atoms with Crippen LogP contribution in [0.15, 0.2) is 0 Å². The fourth-order valence-corrected chi connectivity index (χ4v) is 3.24. The fraction of sp³-hybridized carbons (Fsp3) is 0.857. The molecule has 0 atom stereocenters. The van der Waals surface area contributed by atoms with E-state index in [0.717, 1.165) is 38.5 Å². The largest absolute Gasteiger partial charge is 0.385 e. The summed E-state index contributed by atoms with van der Waals surface area (Å²) in [6.07, 6.45) is 7.84. The highest BCUT2D eigenvalue weighted by Gasteiger charge is 2.51. The van der Waals surface area contributed by atoms with E-state index in [0.29, 0.717) is 13.2 Å². The number of carbonyl (C=O) groups is 2. The molecule has 1 aliphatic heterocycles. The maximum atomic E-state index is 12.2. The summed E-state index contributed by atoms with van der Waals surface area (Å²) in [5.74, 6) is -0.0776. The van der Waals surface area contributed by atoms with Crippen LogP contribution in [0.3, 0.4) is 0 Å². The summed E-state index contributed by atoms with van der Waals surface area (Å²) in [7, 11) is 1.68. The van der Waals surface area contributed by atoms with Gasteiger partial charge in [-0.1, -0.05) is 25.7 Å². The average molecular weight is 268 g/mol. The second-order valence-corrected chi connectivity index (χ2v) is 5.56. The Morgan fingerprint density at radius 1 is 1.16 bits per heavy atom. The third kappa shape index (κ3) is 2.91. The van der Waals surface area contributed by atoms with Crippen LogP contribution in [-0.4, -0.2) is 42.6 Å². The number of nitrogens with one attached hydrogen (secondary N) is 1. The van der Waals surface area contributed by atoms with Gasteiger partial charge in [-0.3, -0.25) is 10.1 Å². The van der Waals surface area contributed by atoms with Gasteiger partial charge in [0.1, 0.15) is 5.54 Å². The molecule has 0 unspecified atom stereocenters. The first-order chi connectivity index (χ1) is 9.20. The molecule has 2 fully saturated rings. The number of hydrogen-bond donors (Lipinski definition) is 1. The van der Waals surface area contributed by atoms with Crippen molar-refractivity contribution in [2.45, 2.75) is 56.9 Å². The maximum absolute atomic E-state index is 12.2. The van der Waals surface area contributed by atoms with E-state index in [1.54, 1.807) is 12.0 Å². The van der Waals surface area contributed by atoms with E-state index in [-0.39, 0.29) is 11.9 Å². The standard InChI is InChI=1S/C14H24N2O3/c1-19-11-7-6-10-16-13(18)15-12(17)14(16)8-4-2-3-5-9-14/h2-11H2,1H3,(H,15,17,18). The van der Waals surface area contributed by atoms with Gasteiger partial charge in [0.05, 0.1) is 0 Å². The number of hydrogen-bond acceptors (Lipinski definition) is 3. The number of imide groups is 1. The zero-order chi connectivity index (χ0) is 13.7. The van der Waals surface area contributed by atoms with E-state index >= 15 is 0 Å². The highest BCUT2D eigenvalue weighted by molar-refractivity contribution is 6.07. The van der Waals surface area contributed by atoms with Crippen LogP contribution in [0.5, 0.6) is 0 Å². The quantitative estimate of drug-likeness (QED) is 0.613. The van der Waals surface area contributed by atoms with E-state index in [4.69, 9.17) is 4.74 Å². The molecule has 0 aromatic heterocycles. The van der Waals surface area contributed by atoms with Crippen LogP contribution >= 0.6 is 0 Å². The van der Waals surface area contributed by atoms with Gasteiger partial charge in [-0.2, -0.15) is 0 Å². The summed E-state index contributed by atoms with van der Waals surface area (Å²) < 4.78 is 5.03. The van der Waals surface area contributed by atoms with E-state index in [1.165, 1.54) is 12.8 Å². The molecule has 3 amide bonds. The molecule has 108 valence electrons. The zero-order valence-corrected chi connectivity index (χ0v) is 11.7. The first-order valence-corrected chi connectivity index (χ1v) is 7.33. The topological polar surface area (TPSA) is 58.6 Å². The van der Waals surface area contributed by atoms with Crippen molar-refractivity contribution in [3.63, 3.8) is 0 Å². The molecular formula is C14H24N2O3. The second kappa shape index (κ2) is 6.37. The second-order valence-electron chi connectivity index (χ2n) is 5.56. The van der Waals surface area contributed by atoms with Crippen molar-refractivity contribution in [2.75, 3.05) is 20.3 Å². The first-order valence-electron chi connectivity index (χ1n) is 7.33. The average Bonchev–Trinajstić information content (AvgIpc) is 2.60. The Balaban J connectivity index is 2.04. The predicted octanol–water partition coefficient (Wildman–Crippen LogP) is 2.06. The number of ether oxygens (including phenoxy) is 1. The summed E-state index contributed by atoms with van der Waals surface area (Å²) in [4.78, 5) is 26.0. The smallest absolute Gasteiger partial charge is 0.325 e. The predicted molar refractivity (Wildman–Crippen MR) is 71.8 cm³/mol. The summed E-state index contributed by atoms with van der Waals surface area (Å²) in [6, 6.07) is -0.204. The monoisotopic (exact) mass is 268 g/mol. The van der Waals surface area contributed by atoms with Crippen LogP contribution in [-0.2, 0) is 9.53 Å². The third-order valence-corrected chi connectivity index (χ3v) is 4.32. The molecule has 2 aliphatic rings. The molecule has 1 aliphatic carbocycles. The van der Waals surface area contributed by atoms with Gasteiger partial charge in [0, 0.05) is 20.3 Å². The van der Waals surface area contributed by atoms with Crippen LogP contribution in [0.25, 0.3) is 0 Å². The lowest BCUT2D eigenvalue weighted by Gasteiger charge is -2.34. The minimum atomic E-state index is -0.555. The lowest BCUT2D eigenvalue weighted by atomic mass is 9.88. The first kappa shape index (κ1) is 14.3. The summed E-state index contributed by atoms with van der Waals surface area (Å²) in [6.45, 7) is 1.36. The molecule has 0 aromatic carbocycles. The number of rotatable bonds is 5. The number of methoxy groups -OCH3 is 1. The number of urea groups is 1. The van der Waals surface area contributed by atoms with Crippen LogP contribution in [0.4, 0.5) is 4.79 Å². The molecule has 1 heterocycles. The van der Waals surface area contributed by atoms with Crippen molar-refractivity contribution in [3.8, 4) is 0 Å². The van der Waals surface area contributed by atoms with E-state index in [9.17, 15) is 9.59 Å². The normalized spacial score (nSPS) is 22.7. The van der Waals surface area contributed by atoms with Crippen LogP contribution < -0.4 is 5.32 Å². The number of nitrogens with zero attached hydrogens (tertiary/aromatic N) is 1. The van der Waals surface area contributed by atoms with Gasteiger partial charge in [0.25, 0.3) is 5.91 Å². The van der Waals surface area contributed by atoms with Gasteiger partial charge < -0.3 is 9.64 Å². The van der Waals surface area contributed by atoms with Crippen molar-refractivity contribution in [3.05, 3.63) is 0 Å². The Labute approximate surface area is 114 Å². The van der Waals surface area contributed by atoms with Crippen LogP contribution in [0.2, 0.25) is 0 Å². The highest BCUT2D eigenvalue weighted by atomic mass is 16.5. The van der Waals surface area contributed by atoms with Crippen molar-refractivity contribution in [1.82, 2.24) is 10.2 Å². The number of amides is 3. The molecule has 0 radical (unpaired) electrons. The Morgan fingerprint density at radius 2 is 1.84 bits per heavy atom.